The van der Waals surface area contributed by atoms with Gasteiger partial charge in [-0.1, -0.05) is 34.2 Å². The normalized spacial score (nSPS) is 20.3. The Balaban J connectivity index is 1.49. The van der Waals surface area contributed by atoms with Crippen molar-refractivity contribution >= 4 is 75.1 Å². The Morgan fingerprint density at radius 3 is 2.85 bits per heavy atom. The van der Waals surface area contributed by atoms with Crippen LogP contribution in [-0.4, -0.2) is 65.8 Å². The smallest absolute Gasteiger partial charge is 0.353 e. The molecule has 11 nitrogen and oxygen atoms in total. The fourth-order valence-electron chi connectivity index (χ4n) is 3.23. The molecular weight excluding hydrogens is 512 g/mol. The number of pyridine rings is 1. The predicted molar refractivity (Wildman–Crippen MR) is 125 cm³/mol. The summed E-state index contributed by atoms with van der Waals surface area (Å²) in [5, 5.41) is 23.9. The summed E-state index contributed by atoms with van der Waals surface area (Å²) in [7, 11) is 0. The first-order valence-corrected chi connectivity index (χ1v) is 12.4. The highest BCUT2D eigenvalue weighted by atomic mass is 35.5. The lowest BCUT2D eigenvalue weighted by atomic mass is 10.0. The molecule has 2 aromatic rings. The quantitative estimate of drug-likeness (QED) is 0.179. The van der Waals surface area contributed by atoms with Crippen LogP contribution in [0.2, 0.25) is 4.34 Å². The number of β-lactam (4-membered cyclic amide) rings is 1. The van der Waals surface area contributed by atoms with Gasteiger partial charge in [-0.05, 0) is 11.6 Å². The van der Waals surface area contributed by atoms with Crippen LogP contribution in [0.1, 0.15) is 11.3 Å². The summed E-state index contributed by atoms with van der Waals surface area (Å²) < 4.78 is 0.0513. The number of oxime groups is 1. The number of halogens is 1. The number of carbonyl (C=O) groups excluding carboxylic acids is 2. The molecule has 4 rings (SSSR count). The number of aliphatic carboxylic acids is 1. The first-order chi connectivity index (χ1) is 15.8. The Morgan fingerprint density at radius 2 is 2.24 bits per heavy atom. The number of nitrogen functional groups attached to an aromatic ring is 1. The third-order valence-electron chi connectivity index (χ3n) is 4.70. The van der Waals surface area contributed by atoms with Gasteiger partial charge in [0.25, 0.3) is 11.8 Å². The molecule has 1 fully saturated rings. The van der Waals surface area contributed by atoms with E-state index in [4.69, 9.17) is 17.3 Å². The molecule has 0 spiro atoms. The number of amides is 2. The summed E-state index contributed by atoms with van der Waals surface area (Å²) >= 11 is 9.52. The Bertz CT molecular complexity index is 1190. The van der Waals surface area contributed by atoms with Gasteiger partial charge < -0.3 is 21.4 Å². The number of carboxylic acids is 1. The maximum absolute atomic E-state index is 12.8. The Kier molecular flexibility index (Phi) is 6.78. The number of anilines is 1. The molecule has 2 aliphatic heterocycles. The molecule has 0 aliphatic carbocycles. The molecule has 15 heteroatoms. The number of fused-ring (bicyclic) bond motifs is 1. The summed E-state index contributed by atoms with van der Waals surface area (Å²) in [6.45, 7) is 0. The fraction of sp³-hybridized carbons (Fsp3) is 0.222. The van der Waals surface area contributed by atoms with Crippen LogP contribution in [0, 0.1) is 0 Å². The molecule has 0 aromatic carbocycles. The van der Waals surface area contributed by atoms with Gasteiger partial charge >= 0.3 is 5.97 Å². The van der Waals surface area contributed by atoms with E-state index in [1.807, 2.05) is 6.07 Å². The van der Waals surface area contributed by atoms with Crippen molar-refractivity contribution in [1.29, 1.82) is 0 Å². The third-order valence-corrected chi connectivity index (χ3v) is 8.41. The number of carboxylic acid groups (broad SMARTS) is 1. The zero-order valence-electron chi connectivity index (χ0n) is 16.5. The van der Waals surface area contributed by atoms with Gasteiger partial charge in [-0.2, -0.15) is 0 Å². The lowest BCUT2D eigenvalue weighted by Crippen LogP contribution is -2.71. The molecule has 0 unspecified atom stereocenters. The van der Waals surface area contributed by atoms with Crippen molar-refractivity contribution in [2.24, 2.45) is 5.16 Å². The van der Waals surface area contributed by atoms with Crippen molar-refractivity contribution in [3.63, 3.8) is 0 Å². The highest BCUT2D eigenvalue weighted by Crippen LogP contribution is 2.44. The lowest BCUT2D eigenvalue weighted by Gasteiger charge is -2.49. The molecule has 0 bridgehead atoms. The second-order valence-electron chi connectivity index (χ2n) is 6.71. The number of hydrogen-bond acceptors (Lipinski definition) is 11. The summed E-state index contributed by atoms with van der Waals surface area (Å²) in [4.78, 5) is 47.0. The van der Waals surface area contributed by atoms with Gasteiger partial charge in [0.1, 0.15) is 27.1 Å². The van der Waals surface area contributed by atoms with E-state index in [1.54, 1.807) is 18.5 Å². The van der Waals surface area contributed by atoms with Crippen LogP contribution in [0.4, 0.5) is 5.13 Å². The van der Waals surface area contributed by atoms with Gasteiger partial charge in [-0.15, -0.1) is 23.5 Å². The number of thiazole rings is 1. The van der Waals surface area contributed by atoms with Crippen molar-refractivity contribution < 1.29 is 24.7 Å². The summed E-state index contributed by atoms with van der Waals surface area (Å²) in [6, 6.07) is 2.66. The Hall–Kier alpha value is -2.81. The maximum atomic E-state index is 12.8. The second-order valence-corrected chi connectivity index (χ2v) is 10.5. The number of nitrogens with one attached hydrogen (secondary N) is 1. The highest BCUT2D eigenvalue weighted by molar-refractivity contribution is 8.05. The number of nitrogens with two attached hydrogens (primary N) is 1. The summed E-state index contributed by atoms with van der Waals surface area (Å²) in [5.74, 6) is -1.85. The average molecular weight is 527 g/mol. The van der Waals surface area contributed by atoms with E-state index in [0.717, 1.165) is 21.8 Å². The van der Waals surface area contributed by atoms with E-state index < -0.39 is 34.9 Å². The van der Waals surface area contributed by atoms with Crippen LogP contribution in [-0.2, 0) is 20.1 Å². The first-order valence-electron chi connectivity index (χ1n) is 9.19. The third kappa shape index (κ3) is 4.51. The molecular formula is C18H15ClN6O5S3. The van der Waals surface area contributed by atoms with Crippen LogP contribution in [0.15, 0.2) is 40.3 Å². The minimum atomic E-state index is -1.23. The van der Waals surface area contributed by atoms with Crippen molar-refractivity contribution in [3.05, 3.63) is 50.7 Å². The fourth-order valence-corrected chi connectivity index (χ4v) is 6.72. The zero-order valence-corrected chi connectivity index (χ0v) is 19.7. The van der Waals surface area contributed by atoms with Crippen LogP contribution in [0.5, 0.6) is 0 Å². The molecule has 2 amide bonds. The van der Waals surface area contributed by atoms with Gasteiger partial charge in [0.05, 0.1) is 0 Å². The van der Waals surface area contributed by atoms with Crippen LogP contribution in [0.3, 0.4) is 0 Å². The van der Waals surface area contributed by atoms with Gasteiger partial charge in [0.2, 0.25) is 0 Å². The zero-order chi connectivity index (χ0) is 23.7. The molecule has 2 atom stereocenters. The molecule has 1 saturated heterocycles. The van der Waals surface area contributed by atoms with Crippen molar-refractivity contribution in [2.45, 2.75) is 17.2 Å². The molecule has 4 heterocycles. The second kappa shape index (κ2) is 9.59. The van der Waals surface area contributed by atoms with Crippen molar-refractivity contribution in [3.8, 4) is 0 Å². The number of carbonyl (C=O) groups is 3. The summed E-state index contributed by atoms with van der Waals surface area (Å²) in [6.07, 6.45) is 3.34. The van der Waals surface area contributed by atoms with Crippen LogP contribution in [0.25, 0.3) is 0 Å². The predicted octanol–water partition coefficient (Wildman–Crippen LogP) is 1.58. The van der Waals surface area contributed by atoms with Crippen LogP contribution >= 0.6 is 46.5 Å². The summed E-state index contributed by atoms with van der Waals surface area (Å²) in [5.41, 5.74) is 5.77. The van der Waals surface area contributed by atoms with E-state index in [-0.39, 0.29) is 20.9 Å². The number of aromatic nitrogens is 2. The van der Waals surface area contributed by atoms with E-state index in [1.165, 1.54) is 23.5 Å². The topological polar surface area (TPSA) is 171 Å². The van der Waals surface area contributed by atoms with E-state index in [2.05, 4.69) is 20.4 Å². The van der Waals surface area contributed by atoms with Crippen molar-refractivity contribution in [2.75, 3.05) is 11.5 Å². The largest absolute Gasteiger partial charge is 0.477 e. The van der Waals surface area contributed by atoms with Gasteiger partial charge in [0, 0.05) is 28.8 Å². The highest BCUT2D eigenvalue weighted by Gasteiger charge is 2.54. The van der Waals surface area contributed by atoms with E-state index >= 15 is 0 Å². The van der Waals surface area contributed by atoms with Crippen LogP contribution < -0.4 is 11.1 Å². The number of thioether (sulfide) groups is 2. The monoisotopic (exact) mass is 526 g/mol. The average Bonchev–Trinajstić information content (AvgIpc) is 3.13. The number of rotatable bonds is 7. The lowest BCUT2D eigenvalue weighted by molar-refractivity contribution is -0.150. The van der Waals surface area contributed by atoms with E-state index in [9.17, 15) is 24.7 Å². The standard InChI is InChI=1S/C18H15ClN6O5S3/c19-13-9(23-18(20)33-13)10(24-30)14(26)22-11-15(27)25-12(17(28)29)8(6-32-16(11)25)31-5-7-2-1-3-21-4-7/h1-4,11,16,30H,5-6H2,(H2,20,23)(H,22,26)(H,28,29)/b24-10-/t11-,16-/m1/s1. The Labute approximate surface area is 204 Å². The molecule has 0 saturated carbocycles. The molecule has 172 valence electrons. The number of nitrogens with zero attached hydrogens (tertiary/aromatic N) is 4. The minimum Gasteiger partial charge on any atom is -0.477 e. The Morgan fingerprint density at radius 1 is 1.45 bits per heavy atom. The number of hydrogen-bond donors (Lipinski definition) is 4. The van der Waals surface area contributed by atoms with E-state index in [0.29, 0.717) is 16.4 Å². The maximum Gasteiger partial charge on any atom is 0.353 e. The molecule has 2 aromatic heterocycles. The van der Waals surface area contributed by atoms with Gasteiger partial charge in [-0.3, -0.25) is 19.5 Å². The molecule has 2 aliphatic rings. The van der Waals surface area contributed by atoms with Gasteiger partial charge in [-0.25, -0.2) is 9.78 Å². The van der Waals surface area contributed by atoms with Crippen molar-refractivity contribution in [1.82, 2.24) is 20.2 Å². The molecule has 33 heavy (non-hydrogen) atoms. The molecule has 0 radical (unpaired) electrons. The SMILES string of the molecule is Nc1nc(/C(=N/O)C(=O)N[C@@H]2C(=O)N3C(C(=O)O)=C(SCc4cccnc4)CS[C@H]23)c(Cl)s1. The minimum absolute atomic E-state index is 0.0513. The van der Waals surface area contributed by atoms with Gasteiger partial charge in [0.15, 0.2) is 10.8 Å². The molecule has 5 N–H and O–H groups in total. The first kappa shape index (κ1) is 23.4.